The number of aromatic carboxylic acids is 1. The molecule has 2 N–H and O–H groups in total. The Kier molecular flexibility index (Phi) is 4.27. The standard InChI is InChI=1S/C13H21N3O2/c1-8(13(3,4)5)7-14-12-15-9(2)6-10(16-12)11(17)18/h6,8H,7H2,1-5H3,(H,17,18)(H,14,15,16). The fourth-order valence-electron chi connectivity index (χ4n) is 1.31. The number of nitrogens with one attached hydrogen (secondary N) is 1. The Bertz CT molecular complexity index is 438. The van der Waals surface area contributed by atoms with Crippen LogP contribution in [0.1, 0.15) is 43.9 Å². The van der Waals surface area contributed by atoms with Crippen molar-refractivity contribution in [1.82, 2.24) is 9.97 Å². The maximum Gasteiger partial charge on any atom is 0.354 e. The molecule has 1 atom stereocenters. The van der Waals surface area contributed by atoms with Gasteiger partial charge in [0.15, 0.2) is 5.69 Å². The van der Waals surface area contributed by atoms with Gasteiger partial charge < -0.3 is 10.4 Å². The highest BCUT2D eigenvalue weighted by molar-refractivity contribution is 5.85. The highest BCUT2D eigenvalue weighted by Gasteiger charge is 2.20. The van der Waals surface area contributed by atoms with Gasteiger partial charge in [-0.15, -0.1) is 0 Å². The molecule has 1 heterocycles. The highest BCUT2D eigenvalue weighted by Crippen LogP contribution is 2.25. The Morgan fingerprint density at radius 2 is 2.06 bits per heavy atom. The van der Waals surface area contributed by atoms with E-state index in [2.05, 4.69) is 43.0 Å². The lowest BCUT2D eigenvalue weighted by molar-refractivity contribution is 0.0690. The van der Waals surface area contributed by atoms with Gasteiger partial charge in [-0.05, 0) is 24.3 Å². The van der Waals surface area contributed by atoms with E-state index >= 15 is 0 Å². The van der Waals surface area contributed by atoms with Crippen molar-refractivity contribution in [3.05, 3.63) is 17.5 Å². The van der Waals surface area contributed by atoms with Crippen LogP contribution in [-0.4, -0.2) is 27.6 Å². The van der Waals surface area contributed by atoms with E-state index < -0.39 is 5.97 Å². The summed E-state index contributed by atoms with van der Waals surface area (Å²) in [5, 5.41) is 12.0. The topological polar surface area (TPSA) is 75.1 Å². The number of hydrogen-bond acceptors (Lipinski definition) is 4. The van der Waals surface area contributed by atoms with Crippen LogP contribution in [0.25, 0.3) is 0 Å². The summed E-state index contributed by atoms with van der Waals surface area (Å²) in [5.74, 6) is -0.231. The average Bonchev–Trinajstić information content (AvgIpc) is 2.23. The summed E-state index contributed by atoms with van der Waals surface area (Å²) < 4.78 is 0. The number of carbonyl (C=O) groups is 1. The smallest absolute Gasteiger partial charge is 0.354 e. The molecule has 1 aromatic rings. The fraction of sp³-hybridized carbons (Fsp3) is 0.615. The van der Waals surface area contributed by atoms with E-state index in [4.69, 9.17) is 5.11 Å². The van der Waals surface area contributed by atoms with Crippen LogP contribution >= 0.6 is 0 Å². The Morgan fingerprint density at radius 3 is 2.56 bits per heavy atom. The number of anilines is 1. The second-order valence-electron chi connectivity index (χ2n) is 5.67. The zero-order chi connectivity index (χ0) is 13.9. The monoisotopic (exact) mass is 251 g/mol. The number of carboxylic acid groups (broad SMARTS) is 1. The zero-order valence-corrected chi connectivity index (χ0v) is 11.6. The molecule has 0 spiro atoms. The second kappa shape index (κ2) is 5.33. The first kappa shape index (κ1) is 14.4. The van der Waals surface area contributed by atoms with Gasteiger partial charge in [-0.25, -0.2) is 14.8 Å². The molecule has 1 unspecified atom stereocenters. The third kappa shape index (κ3) is 3.98. The molecule has 0 saturated carbocycles. The molecular formula is C13H21N3O2. The Balaban J connectivity index is 2.77. The average molecular weight is 251 g/mol. The van der Waals surface area contributed by atoms with Crippen LogP contribution < -0.4 is 5.32 Å². The van der Waals surface area contributed by atoms with Gasteiger partial charge in [-0.1, -0.05) is 27.7 Å². The van der Waals surface area contributed by atoms with Crippen molar-refractivity contribution in [2.45, 2.75) is 34.6 Å². The fourth-order valence-corrected chi connectivity index (χ4v) is 1.31. The van der Waals surface area contributed by atoms with Gasteiger partial charge in [0.2, 0.25) is 5.95 Å². The molecule has 100 valence electrons. The van der Waals surface area contributed by atoms with Crippen molar-refractivity contribution in [3.8, 4) is 0 Å². The summed E-state index contributed by atoms with van der Waals surface area (Å²) in [4.78, 5) is 19.0. The minimum atomic E-state index is -1.03. The van der Waals surface area contributed by atoms with Gasteiger partial charge in [-0.2, -0.15) is 0 Å². The third-order valence-corrected chi connectivity index (χ3v) is 3.12. The van der Waals surface area contributed by atoms with Crippen LogP contribution in [0.3, 0.4) is 0 Å². The van der Waals surface area contributed by atoms with Crippen LogP contribution in [0.4, 0.5) is 5.95 Å². The van der Waals surface area contributed by atoms with Crippen molar-refractivity contribution in [2.24, 2.45) is 11.3 Å². The van der Waals surface area contributed by atoms with E-state index in [1.165, 1.54) is 6.07 Å². The number of carboxylic acids is 1. The normalized spacial score (nSPS) is 13.2. The summed E-state index contributed by atoms with van der Waals surface area (Å²) in [6.45, 7) is 11.1. The first-order valence-electron chi connectivity index (χ1n) is 6.03. The van der Waals surface area contributed by atoms with Gasteiger partial charge in [-0.3, -0.25) is 0 Å². The minimum Gasteiger partial charge on any atom is -0.477 e. The maximum atomic E-state index is 10.9. The quantitative estimate of drug-likeness (QED) is 0.860. The van der Waals surface area contributed by atoms with E-state index in [-0.39, 0.29) is 11.1 Å². The molecule has 5 nitrogen and oxygen atoms in total. The lowest BCUT2D eigenvalue weighted by atomic mass is 9.82. The van der Waals surface area contributed by atoms with Gasteiger partial charge in [0.1, 0.15) is 0 Å². The summed E-state index contributed by atoms with van der Waals surface area (Å²) in [5.41, 5.74) is 0.855. The van der Waals surface area contributed by atoms with Crippen molar-refractivity contribution in [1.29, 1.82) is 0 Å². The minimum absolute atomic E-state index is 0.0217. The molecule has 0 bridgehead atoms. The molecule has 5 heteroatoms. The predicted molar refractivity (Wildman–Crippen MR) is 70.8 cm³/mol. The zero-order valence-electron chi connectivity index (χ0n) is 11.6. The van der Waals surface area contributed by atoms with Gasteiger partial charge in [0, 0.05) is 12.2 Å². The molecule has 1 aromatic heterocycles. The SMILES string of the molecule is Cc1cc(C(=O)O)nc(NCC(C)C(C)(C)C)n1. The predicted octanol–water partition coefficient (Wildman–Crippen LogP) is 2.58. The summed E-state index contributed by atoms with van der Waals surface area (Å²) >= 11 is 0. The van der Waals surface area contributed by atoms with Crippen LogP contribution in [-0.2, 0) is 0 Å². The number of rotatable bonds is 4. The summed E-state index contributed by atoms with van der Waals surface area (Å²) in [7, 11) is 0. The number of nitrogens with zero attached hydrogens (tertiary/aromatic N) is 2. The van der Waals surface area contributed by atoms with Crippen LogP contribution in [0.5, 0.6) is 0 Å². The van der Waals surface area contributed by atoms with Crippen LogP contribution in [0.15, 0.2) is 6.07 Å². The molecular weight excluding hydrogens is 230 g/mol. The Labute approximate surface area is 108 Å². The van der Waals surface area contributed by atoms with Crippen molar-refractivity contribution in [2.75, 3.05) is 11.9 Å². The molecule has 0 aliphatic rings. The van der Waals surface area contributed by atoms with E-state index in [0.29, 0.717) is 24.1 Å². The first-order valence-corrected chi connectivity index (χ1v) is 6.03. The van der Waals surface area contributed by atoms with Crippen LogP contribution in [0.2, 0.25) is 0 Å². The third-order valence-electron chi connectivity index (χ3n) is 3.12. The highest BCUT2D eigenvalue weighted by atomic mass is 16.4. The van der Waals surface area contributed by atoms with Crippen molar-refractivity contribution < 1.29 is 9.90 Å². The van der Waals surface area contributed by atoms with Crippen molar-refractivity contribution in [3.63, 3.8) is 0 Å². The molecule has 0 radical (unpaired) electrons. The van der Waals surface area contributed by atoms with Gasteiger partial charge in [0.25, 0.3) is 0 Å². The van der Waals surface area contributed by atoms with E-state index in [0.717, 1.165) is 0 Å². The summed E-state index contributed by atoms with van der Waals surface area (Å²) in [6, 6.07) is 1.46. The molecule has 0 saturated heterocycles. The number of aromatic nitrogens is 2. The molecule has 0 fully saturated rings. The Morgan fingerprint density at radius 1 is 1.44 bits per heavy atom. The molecule has 0 aliphatic carbocycles. The van der Waals surface area contributed by atoms with Crippen molar-refractivity contribution >= 4 is 11.9 Å². The number of hydrogen-bond donors (Lipinski definition) is 2. The summed E-state index contributed by atoms with van der Waals surface area (Å²) in [6.07, 6.45) is 0. The van der Waals surface area contributed by atoms with E-state index in [1.54, 1.807) is 6.92 Å². The van der Waals surface area contributed by atoms with Crippen LogP contribution in [0, 0.1) is 18.3 Å². The molecule has 0 aromatic carbocycles. The Hall–Kier alpha value is -1.65. The maximum absolute atomic E-state index is 10.9. The van der Waals surface area contributed by atoms with E-state index in [9.17, 15) is 4.79 Å². The van der Waals surface area contributed by atoms with Gasteiger partial charge >= 0.3 is 5.97 Å². The largest absolute Gasteiger partial charge is 0.477 e. The number of aryl methyl sites for hydroxylation is 1. The molecule has 1 rings (SSSR count). The lowest BCUT2D eigenvalue weighted by Crippen LogP contribution is -2.25. The van der Waals surface area contributed by atoms with Gasteiger partial charge in [0.05, 0.1) is 0 Å². The van der Waals surface area contributed by atoms with E-state index in [1.807, 2.05) is 0 Å². The molecule has 0 aliphatic heterocycles. The second-order valence-corrected chi connectivity index (χ2v) is 5.67. The lowest BCUT2D eigenvalue weighted by Gasteiger charge is -2.27. The molecule has 0 amide bonds. The first-order chi connectivity index (χ1) is 8.20. The molecule has 18 heavy (non-hydrogen) atoms.